The van der Waals surface area contributed by atoms with Gasteiger partial charge in [0.1, 0.15) is 0 Å². The van der Waals surface area contributed by atoms with Crippen molar-refractivity contribution in [1.82, 2.24) is 15.7 Å². The van der Waals surface area contributed by atoms with Crippen molar-refractivity contribution in [2.45, 2.75) is 0 Å². The Morgan fingerprint density at radius 2 is 2.00 bits per heavy atom. The van der Waals surface area contributed by atoms with Crippen LogP contribution in [0.5, 0.6) is 0 Å². The van der Waals surface area contributed by atoms with Gasteiger partial charge in [-0.15, -0.1) is 0 Å². The van der Waals surface area contributed by atoms with Gasteiger partial charge in [0.15, 0.2) is 5.11 Å². The smallest absolute Gasteiger partial charge is 0.257 e. The first-order chi connectivity index (χ1) is 10.7. The molecule has 0 unspecified atom stereocenters. The van der Waals surface area contributed by atoms with Crippen LogP contribution in [-0.4, -0.2) is 23.4 Å². The van der Waals surface area contributed by atoms with Crippen LogP contribution >= 0.6 is 12.2 Å². The molecule has 0 saturated carbocycles. The fourth-order valence-electron chi connectivity index (χ4n) is 2.28. The third-order valence-electron chi connectivity index (χ3n) is 3.37. The second kappa shape index (κ2) is 5.95. The van der Waals surface area contributed by atoms with Crippen LogP contribution in [0.3, 0.4) is 0 Å². The van der Waals surface area contributed by atoms with Crippen molar-refractivity contribution in [2.24, 2.45) is 5.10 Å². The molecule has 0 radical (unpaired) electrons. The third-order valence-corrected chi connectivity index (χ3v) is 3.67. The molecule has 2 aromatic carbocycles. The van der Waals surface area contributed by atoms with Gasteiger partial charge in [-0.25, -0.2) is 0 Å². The zero-order chi connectivity index (χ0) is 15.5. The van der Waals surface area contributed by atoms with E-state index in [9.17, 15) is 4.79 Å². The molecule has 0 saturated heterocycles. The number of fused-ring (bicyclic) bond motifs is 3. The monoisotopic (exact) mass is 310 g/mol. The summed E-state index contributed by atoms with van der Waals surface area (Å²) in [4.78, 5) is 15.1. The number of nitrogens with one attached hydrogen (secondary N) is 3. The van der Waals surface area contributed by atoms with Crippen LogP contribution < -0.4 is 16.3 Å². The molecule has 3 N–H and O–H groups in total. The van der Waals surface area contributed by atoms with Crippen molar-refractivity contribution in [1.29, 1.82) is 0 Å². The maximum atomic E-state index is 12.2. The number of aromatic nitrogens is 1. The van der Waals surface area contributed by atoms with E-state index in [2.05, 4.69) is 20.8 Å². The summed E-state index contributed by atoms with van der Waals surface area (Å²) in [5.74, 6) is 0. The molecule has 22 heavy (non-hydrogen) atoms. The summed E-state index contributed by atoms with van der Waals surface area (Å²) in [6, 6.07) is 13.8. The molecule has 5 nitrogen and oxygen atoms in total. The van der Waals surface area contributed by atoms with Crippen LogP contribution in [0.15, 0.2) is 52.4 Å². The highest BCUT2D eigenvalue weighted by Crippen LogP contribution is 2.22. The third kappa shape index (κ3) is 2.68. The van der Waals surface area contributed by atoms with Crippen molar-refractivity contribution >= 4 is 45.2 Å². The lowest BCUT2D eigenvalue weighted by Crippen LogP contribution is -2.28. The Bertz CT molecular complexity index is 946. The highest BCUT2D eigenvalue weighted by atomic mass is 32.1. The Morgan fingerprint density at radius 1 is 1.23 bits per heavy atom. The van der Waals surface area contributed by atoms with E-state index >= 15 is 0 Å². The zero-order valence-corrected chi connectivity index (χ0v) is 12.7. The molecule has 0 amide bonds. The number of hydrogen-bond donors (Lipinski definition) is 3. The number of rotatable bonds is 2. The second-order valence-corrected chi connectivity index (χ2v) is 5.16. The van der Waals surface area contributed by atoms with Gasteiger partial charge in [-0.1, -0.05) is 36.4 Å². The van der Waals surface area contributed by atoms with Crippen molar-refractivity contribution in [3.8, 4) is 0 Å². The normalized spacial score (nSPS) is 11.1. The molecule has 0 spiro atoms. The van der Waals surface area contributed by atoms with Gasteiger partial charge < -0.3 is 10.3 Å². The fourth-order valence-corrected chi connectivity index (χ4v) is 2.33. The average molecular weight is 310 g/mol. The van der Waals surface area contributed by atoms with E-state index in [1.54, 1.807) is 7.05 Å². The minimum atomic E-state index is -0.190. The van der Waals surface area contributed by atoms with Crippen LogP contribution in [0.1, 0.15) is 5.56 Å². The Morgan fingerprint density at radius 3 is 2.82 bits per heavy atom. The van der Waals surface area contributed by atoms with E-state index in [-0.39, 0.29) is 5.56 Å². The molecule has 6 heteroatoms. The van der Waals surface area contributed by atoms with Gasteiger partial charge in [0.25, 0.3) is 5.56 Å². The van der Waals surface area contributed by atoms with Gasteiger partial charge in [-0.3, -0.25) is 10.2 Å². The quantitative estimate of drug-likeness (QED) is 0.293. The number of aromatic amines is 1. The highest BCUT2D eigenvalue weighted by Gasteiger charge is 2.04. The van der Waals surface area contributed by atoms with Crippen LogP contribution in [0, 0.1) is 0 Å². The van der Waals surface area contributed by atoms with E-state index in [1.807, 2.05) is 42.5 Å². The molecule has 0 bridgehead atoms. The molecule has 0 aliphatic carbocycles. The predicted octanol–water partition coefficient (Wildman–Crippen LogP) is 2.11. The molecule has 1 aromatic heterocycles. The highest BCUT2D eigenvalue weighted by molar-refractivity contribution is 7.80. The maximum Gasteiger partial charge on any atom is 0.257 e. The first-order valence-electron chi connectivity index (χ1n) is 6.74. The van der Waals surface area contributed by atoms with Crippen LogP contribution in [-0.2, 0) is 0 Å². The van der Waals surface area contributed by atoms with Gasteiger partial charge in [-0.2, -0.15) is 5.10 Å². The van der Waals surface area contributed by atoms with Gasteiger partial charge in [-0.05, 0) is 29.1 Å². The number of thiocarbonyl (C=S) groups is 1. The van der Waals surface area contributed by atoms with E-state index in [4.69, 9.17) is 12.2 Å². The van der Waals surface area contributed by atoms with Crippen LogP contribution in [0.4, 0.5) is 0 Å². The molecule has 3 rings (SSSR count). The molecule has 110 valence electrons. The average Bonchev–Trinajstić information content (AvgIpc) is 2.55. The van der Waals surface area contributed by atoms with E-state index in [1.165, 1.54) is 6.21 Å². The summed E-state index contributed by atoms with van der Waals surface area (Å²) in [7, 11) is 1.69. The standard InChI is InChI=1S/C16H14N4OS/c1-17-16(22)20-18-9-12-8-11-7-6-10-4-2-3-5-13(10)14(11)19-15(12)21/h2-9H,1H3,(H,19,21)(H2,17,20,22)/b18-9+. The van der Waals surface area contributed by atoms with Crippen molar-refractivity contribution in [3.05, 3.63) is 58.4 Å². The lowest BCUT2D eigenvalue weighted by atomic mass is 10.1. The predicted molar refractivity (Wildman–Crippen MR) is 94.5 cm³/mol. The molecule has 0 atom stereocenters. The van der Waals surface area contributed by atoms with Gasteiger partial charge in [0.2, 0.25) is 0 Å². The van der Waals surface area contributed by atoms with Gasteiger partial charge >= 0.3 is 0 Å². The summed E-state index contributed by atoms with van der Waals surface area (Å²) < 4.78 is 0. The topological polar surface area (TPSA) is 69.3 Å². The second-order valence-electron chi connectivity index (χ2n) is 4.75. The molecule has 1 heterocycles. The lowest BCUT2D eigenvalue weighted by Gasteiger charge is -2.04. The fraction of sp³-hybridized carbons (Fsp3) is 0.0625. The maximum absolute atomic E-state index is 12.2. The van der Waals surface area contributed by atoms with Gasteiger partial charge in [0, 0.05) is 12.4 Å². The molecule has 0 fully saturated rings. The summed E-state index contributed by atoms with van der Waals surface area (Å²) >= 11 is 4.91. The van der Waals surface area contributed by atoms with Crippen LogP contribution in [0.25, 0.3) is 21.7 Å². The Balaban J connectivity index is 2.08. The number of nitrogens with zero attached hydrogens (tertiary/aromatic N) is 1. The Hall–Kier alpha value is -2.73. The van der Waals surface area contributed by atoms with Crippen molar-refractivity contribution in [3.63, 3.8) is 0 Å². The minimum absolute atomic E-state index is 0.190. The van der Waals surface area contributed by atoms with Crippen LogP contribution in [0.2, 0.25) is 0 Å². The number of hydrazone groups is 1. The summed E-state index contributed by atoms with van der Waals surface area (Å²) in [5, 5.41) is 10.1. The molecular weight excluding hydrogens is 296 g/mol. The summed E-state index contributed by atoms with van der Waals surface area (Å²) in [6.07, 6.45) is 1.46. The number of benzene rings is 2. The Labute approximate surface area is 132 Å². The van der Waals surface area contributed by atoms with Crippen molar-refractivity contribution < 1.29 is 0 Å². The number of hydrogen-bond acceptors (Lipinski definition) is 3. The lowest BCUT2D eigenvalue weighted by molar-refractivity contribution is 0.981. The largest absolute Gasteiger partial charge is 0.364 e. The summed E-state index contributed by atoms with van der Waals surface area (Å²) in [6.45, 7) is 0. The molecule has 0 aliphatic rings. The number of pyridine rings is 1. The summed E-state index contributed by atoms with van der Waals surface area (Å²) in [5.41, 5.74) is 3.73. The molecule has 3 aromatic rings. The first kappa shape index (κ1) is 14.2. The Kier molecular flexibility index (Phi) is 3.84. The zero-order valence-electron chi connectivity index (χ0n) is 11.9. The van der Waals surface area contributed by atoms with Gasteiger partial charge in [0.05, 0.1) is 17.3 Å². The molecular formula is C16H14N4OS. The van der Waals surface area contributed by atoms with E-state index in [0.29, 0.717) is 10.7 Å². The van der Waals surface area contributed by atoms with E-state index < -0.39 is 0 Å². The number of H-pyrrole nitrogens is 1. The SMILES string of the molecule is CNC(=S)N/N=C/c1cc2ccc3ccccc3c2[nH]c1=O. The first-order valence-corrected chi connectivity index (χ1v) is 7.15. The minimum Gasteiger partial charge on any atom is -0.364 e. The molecule has 0 aliphatic heterocycles. The van der Waals surface area contributed by atoms with E-state index in [0.717, 1.165) is 21.7 Å². The van der Waals surface area contributed by atoms with Crippen molar-refractivity contribution in [2.75, 3.05) is 7.05 Å².